The first-order valence-corrected chi connectivity index (χ1v) is 7.78. The Morgan fingerprint density at radius 1 is 1.26 bits per heavy atom. The SMILES string of the molecule is COCOc1c2c(cc3ccccc13)N(B(C)O)CC2COC. The molecule has 3 rings (SSSR count). The maximum absolute atomic E-state index is 10.1. The third-order valence-electron chi connectivity index (χ3n) is 4.29. The molecule has 1 N–H and O–H groups in total. The molecule has 0 saturated carbocycles. The van der Waals surface area contributed by atoms with E-state index >= 15 is 0 Å². The van der Waals surface area contributed by atoms with E-state index in [1.807, 2.05) is 16.9 Å². The quantitative estimate of drug-likeness (QED) is 0.656. The van der Waals surface area contributed by atoms with Gasteiger partial charge in [-0.2, -0.15) is 0 Å². The van der Waals surface area contributed by atoms with E-state index in [-0.39, 0.29) is 12.7 Å². The second-order valence-electron chi connectivity index (χ2n) is 5.85. The number of hydrogen-bond donors (Lipinski definition) is 1. The van der Waals surface area contributed by atoms with Crippen LogP contribution in [0.25, 0.3) is 10.8 Å². The van der Waals surface area contributed by atoms with E-state index in [4.69, 9.17) is 14.2 Å². The van der Waals surface area contributed by atoms with Crippen LogP contribution in [0.5, 0.6) is 5.75 Å². The number of benzene rings is 2. The van der Waals surface area contributed by atoms with Crippen molar-refractivity contribution >= 4 is 23.5 Å². The van der Waals surface area contributed by atoms with E-state index in [1.54, 1.807) is 21.0 Å². The molecule has 0 aromatic heterocycles. The van der Waals surface area contributed by atoms with Gasteiger partial charge in [-0.15, -0.1) is 0 Å². The van der Waals surface area contributed by atoms with Crippen LogP contribution in [0.3, 0.4) is 0 Å². The van der Waals surface area contributed by atoms with Crippen LogP contribution < -0.4 is 9.55 Å². The normalized spacial score (nSPS) is 16.7. The first kappa shape index (κ1) is 16.1. The van der Waals surface area contributed by atoms with E-state index in [1.165, 1.54) is 0 Å². The predicted octanol–water partition coefficient (Wildman–Crippen LogP) is 2.48. The van der Waals surface area contributed by atoms with Crippen molar-refractivity contribution in [2.75, 3.05) is 39.0 Å². The average Bonchev–Trinajstić information content (AvgIpc) is 2.90. The maximum Gasteiger partial charge on any atom is 0.409 e. The Kier molecular flexibility index (Phi) is 4.75. The molecule has 2 aromatic carbocycles. The van der Waals surface area contributed by atoms with Crippen molar-refractivity contribution in [3.05, 3.63) is 35.9 Å². The lowest BCUT2D eigenvalue weighted by Crippen LogP contribution is -2.36. The van der Waals surface area contributed by atoms with Gasteiger partial charge in [0.1, 0.15) is 5.75 Å². The van der Waals surface area contributed by atoms with Gasteiger partial charge in [-0.05, 0) is 18.3 Å². The van der Waals surface area contributed by atoms with Crippen LogP contribution in [-0.2, 0) is 9.47 Å². The summed E-state index contributed by atoms with van der Waals surface area (Å²) in [6.07, 6.45) is 0. The molecule has 0 saturated heterocycles. The third kappa shape index (κ3) is 2.90. The van der Waals surface area contributed by atoms with Crippen LogP contribution in [0.15, 0.2) is 30.3 Å². The molecule has 5 nitrogen and oxygen atoms in total. The molecule has 0 spiro atoms. The van der Waals surface area contributed by atoms with Gasteiger partial charge in [0.25, 0.3) is 0 Å². The van der Waals surface area contributed by atoms with Crippen molar-refractivity contribution in [2.45, 2.75) is 12.7 Å². The van der Waals surface area contributed by atoms with Gasteiger partial charge in [0.15, 0.2) is 6.79 Å². The monoisotopic (exact) mass is 315 g/mol. The van der Waals surface area contributed by atoms with E-state index in [9.17, 15) is 5.02 Å². The molecule has 23 heavy (non-hydrogen) atoms. The van der Waals surface area contributed by atoms with Gasteiger partial charge in [-0.25, -0.2) is 0 Å². The van der Waals surface area contributed by atoms with Crippen LogP contribution in [0, 0.1) is 0 Å². The van der Waals surface area contributed by atoms with Gasteiger partial charge in [-0.3, -0.25) is 0 Å². The fourth-order valence-electron chi connectivity index (χ4n) is 3.34. The minimum absolute atomic E-state index is 0.154. The minimum Gasteiger partial charge on any atom is -0.467 e. The highest BCUT2D eigenvalue weighted by Crippen LogP contribution is 2.46. The lowest BCUT2D eigenvalue weighted by atomic mass is 9.85. The maximum atomic E-state index is 10.1. The minimum atomic E-state index is -0.563. The van der Waals surface area contributed by atoms with Crippen molar-refractivity contribution in [1.29, 1.82) is 0 Å². The summed E-state index contributed by atoms with van der Waals surface area (Å²) in [6.45, 7) is 3.26. The molecule has 1 aliphatic heterocycles. The predicted molar refractivity (Wildman–Crippen MR) is 92.3 cm³/mol. The fraction of sp³-hybridized carbons (Fsp3) is 0.412. The number of nitrogens with zero attached hydrogens (tertiary/aromatic N) is 1. The first-order valence-electron chi connectivity index (χ1n) is 7.78. The van der Waals surface area contributed by atoms with E-state index in [0.717, 1.165) is 27.8 Å². The van der Waals surface area contributed by atoms with Gasteiger partial charge in [0.2, 0.25) is 0 Å². The zero-order valence-corrected chi connectivity index (χ0v) is 13.8. The van der Waals surface area contributed by atoms with Gasteiger partial charge in [-0.1, -0.05) is 24.3 Å². The summed E-state index contributed by atoms with van der Waals surface area (Å²) in [5.74, 6) is 0.978. The number of methoxy groups -OCH3 is 2. The lowest BCUT2D eigenvalue weighted by Gasteiger charge is -2.21. The number of fused-ring (bicyclic) bond motifs is 2. The Morgan fingerprint density at radius 3 is 2.74 bits per heavy atom. The molecule has 0 amide bonds. The van der Waals surface area contributed by atoms with Crippen molar-refractivity contribution in [3.63, 3.8) is 0 Å². The molecule has 6 heteroatoms. The Labute approximate surface area is 136 Å². The molecule has 0 bridgehead atoms. The zero-order valence-electron chi connectivity index (χ0n) is 13.8. The molecule has 122 valence electrons. The van der Waals surface area contributed by atoms with Crippen LogP contribution in [-0.4, -0.2) is 46.2 Å². The average molecular weight is 315 g/mol. The number of ether oxygens (including phenoxy) is 3. The van der Waals surface area contributed by atoms with Gasteiger partial charge < -0.3 is 24.0 Å². The van der Waals surface area contributed by atoms with Crippen molar-refractivity contribution in [3.8, 4) is 5.75 Å². The number of rotatable bonds is 6. The highest BCUT2D eigenvalue weighted by molar-refractivity contribution is 6.54. The van der Waals surface area contributed by atoms with E-state index in [0.29, 0.717) is 13.2 Å². The third-order valence-corrected chi connectivity index (χ3v) is 4.29. The summed E-state index contributed by atoms with van der Waals surface area (Å²) < 4.78 is 16.4. The Bertz CT molecular complexity index is 692. The first-order chi connectivity index (χ1) is 11.2. The van der Waals surface area contributed by atoms with Gasteiger partial charge in [0.05, 0.1) is 6.61 Å². The van der Waals surface area contributed by atoms with Gasteiger partial charge in [0, 0.05) is 43.3 Å². The summed E-state index contributed by atoms with van der Waals surface area (Å²) in [6, 6.07) is 10.2. The topological polar surface area (TPSA) is 51.2 Å². The Hall–Kier alpha value is -1.76. The van der Waals surface area contributed by atoms with Crippen molar-refractivity contribution in [2.24, 2.45) is 0 Å². The van der Waals surface area contributed by atoms with Crippen LogP contribution in [0.4, 0.5) is 5.69 Å². The summed E-state index contributed by atoms with van der Waals surface area (Å²) in [7, 11) is 2.74. The highest BCUT2D eigenvalue weighted by Gasteiger charge is 2.36. The highest BCUT2D eigenvalue weighted by atomic mass is 16.7. The fourth-order valence-corrected chi connectivity index (χ4v) is 3.34. The Morgan fingerprint density at radius 2 is 2.04 bits per heavy atom. The second kappa shape index (κ2) is 6.78. The second-order valence-corrected chi connectivity index (χ2v) is 5.85. The summed E-state index contributed by atoms with van der Waals surface area (Å²) >= 11 is 0. The molecular formula is C17H22BNO4. The molecule has 1 aliphatic rings. The molecule has 1 unspecified atom stereocenters. The summed E-state index contributed by atoms with van der Waals surface area (Å²) in [4.78, 5) is 1.99. The van der Waals surface area contributed by atoms with Crippen LogP contribution >= 0.6 is 0 Å². The molecular weight excluding hydrogens is 293 g/mol. The molecule has 0 fully saturated rings. The molecule has 1 atom stereocenters. The summed E-state index contributed by atoms with van der Waals surface area (Å²) in [5, 5.41) is 12.3. The molecule has 0 radical (unpaired) electrons. The standard InChI is InChI=1S/C17H22BNO4/c1-18(20)19-9-13(10-21-2)16-15(19)8-12-6-4-5-7-14(12)17(16)23-11-22-3/h4-8,13,20H,9-11H2,1-3H3. The molecule has 1 heterocycles. The number of hydrogen-bond acceptors (Lipinski definition) is 5. The van der Waals surface area contributed by atoms with E-state index < -0.39 is 7.05 Å². The largest absolute Gasteiger partial charge is 0.467 e. The lowest BCUT2D eigenvalue weighted by molar-refractivity contribution is 0.0511. The van der Waals surface area contributed by atoms with Crippen LogP contribution in [0.2, 0.25) is 6.82 Å². The number of anilines is 1. The van der Waals surface area contributed by atoms with Gasteiger partial charge >= 0.3 is 7.05 Å². The molecule has 2 aromatic rings. The molecule has 0 aliphatic carbocycles. The smallest absolute Gasteiger partial charge is 0.409 e. The zero-order chi connectivity index (χ0) is 16.4. The van der Waals surface area contributed by atoms with Crippen molar-refractivity contribution < 1.29 is 19.2 Å². The van der Waals surface area contributed by atoms with Crippen molar-refractivity contribution in [1.82, 2.24) is 0 Å². The summed E-state index contributed by atoms with van der Waals surface area (Å²) in [5.41, 5.74) is 2.09. The Balaban J connectivity index is 2.21. The van der Waals surface area contributed by atoms with E-state index in [2.05, 4.69) is 18.2 Å². The van der Waals surface area contributed by atoms with Crippen LogP contribution in [0.1, 0.15) is 11.5 Å².